The van der Waals surface area contributed by atoms with E-state index in [2.05, 4.69) is 15.6 Å². The fourth-order valence-electron chi connectivity index (χ4n) is 2.43. The van der Waals surface area contributed by atoms with Gasteiger partial charge in [0.25, 0.3) is 0 Å². The summed E-state index contributed by atoms with van der Waals surface area (Å²) in [5, 5.41) is 0. The number of fused-ring (bicyclic) bond motifs is 1. The first-order valence-corrected chi connectivity index (χ1v) is 6.89. The molecule has 0 fully saturated rings. The second kappa shape index (κ2) is 5.66. The van der Waals surface area contributed by atoms with Crippen molar-refractivity contribution in [3.63, 3.8) is 0 Å². The van der Waals surface area contributed by atoms with Crippen molar-refractivity contribution < 1.29 is 9.13 Å². The van der Waals surface area contributed by atoms with E-state index in [1.54, 1.807) is 20.1 Å². The molecule has 4 heteroatoms. The average molecular weight is 284 g/mol. The number of aromatic nitrogens is 2. The lowest BCUT2D eigenvalue weighted by Gasteiger charge is -2.07. The van der Waals surface area contributed by atoms with Crippen LogP contribution in [0.25, 0.3) is 22.2 Å². The predicted octanol–water partition coefficient (Wildman–Crippen LogP) is 3.80. The number of pyridine rings is 1. The molecule has 0 spiro atoms. The maximum Gasteiger partial charge on any atom is 0.126 e. The Morgan fingerprint density at radius 1 is 1.19 bits per heavy atom. The van der Waals surface area contributed by atoms with Crippen LogP contribution in [0.15, 0.2) is 42.7 Å². The molecule has 0 saturated carbocycles. The van der Waals surface area contributed by atoms with E-state index in [0.29, 0.717) is 12.2 Å². The van der Waals surface area contributed by atoms with Crippen LogP contribution in [-0.4, -0.2) is 23.3 Å². The van der Waals surface area contributed by atoms with Gasteiger partial charge in [-0.25, -0.2) is 4.39 Å². The van der Waals surface area contributed by atoms with E-state index in [4.69, 9.17) is 4.74 Å². The average Bonchev–Trinajstić information content (AvgIpc) is 2.90. The number of rotatable bonds is 4. The normalized spacial score (nSPS) is 11.2. The third-order valence-electron chi connectivity index (χ3n) is 3.65. The number of aryl methyl sites for hydroxylation is 1. The van der Waals surface area contributed by atoms with E-state index in [1.165, 1.54) is 6.07 Å². The third-order valence-corrected chi connectivity index (χ3v) is 3.65. The van der Waals surface area contributed by atoms with Crippen molar-refractivity contribution in [2.75, 3.05) is 13.7 Å². The third kappa shape index (κ3) is 2.67. The monoisotopic (exact) mass is 284 g/mol. The van der Waals surface area contributed by atoms with E-state index < -0.39 is 0 Å². The van der Waals surface area contributed by atoms with Gasteiger partial charge in [0, 0.05) is 31.6 Å². The molecule has 0 bridgehead atoms. The van der Waals surface area contributed by atoms with Gasteiger partial charge in [-0.1, -0.05) is 6.07 Å². The number of ether oxygens (including phenoxy) is 1. The van der Waals surface area contributed by atoms with Crippen molar-refractivity contribution in [3.05, 3.63) is 54.1 Å². The van der Waals surface area contributed by atoms with Crippen LogP contribution in [0.2, 0.25) is 0 Å². The Bertz CT molecular complexity index is 780. The fraction of sp³-hybridized carbons (Fsp3) is 0.235. The summed E-state index contributed by atoms with van der Waals surface area (Å²) < 4.78 is 20.6. The molecule has 2 heterocycles. The standard InChI is InChI=1S/C17H17FN2O/c1-12-9-13(3-4-15(12)18)14-10-17-16(19-11-14)5-6-20(17)7-8-21-2/h3-6,9-11H,7-8H2,1-2H3. The molecule has 0 atom stereocenters. The SMILES string of the molecule is COCCn1ccc2ncc(-c3ccc(F)c(C)c3)cc21. The number of benzene rings is 1. The lowest BCUT2D eigenvalue weighted by molar-refractivity contribution is 0.188. The second-order valence-electron chi connectivity index (χ2n) is 5.09. The maximum absolute atomic E-state index is 13.4. The minimum absolute atomic E-state index is 0.184. The first kappa shape index (κ1) is 13.8. The van der Waals surface area contributed by atoms with Crippen LogP contribution in [-0.2, 0) is 11.3 Å². The predicted molar refractivity (Wildman–Crippen MR) is 81.7 cm³/mol. The van der Waals surface area contributed by atoms with Crippen LogP contribution < -0.4 is 0 Å². The largest absolute Gasteiger partial charge is 0.383 e. The van der Waals surface area contributed by atoms with Crippen LogP contribution in [0.4, 0.5) is 4.39 Å². The molecule has 0 aliphatic rings. The Morgan fingerprint density at radius 3 is 2.81 bits per heavy atom. The van der Waals surface area contributed by atoms with Gasteiger partial charge in [0.15, 0.2) is 0 Å². The van der Waals surface area contributed by atoms with Crippen molar-refractivity contribution in [1.82, 2.24) is 9.55 Å². The van der Waals surface area contributed by atoms with Crippen molar-refractivity contribution in [2.24, 2.45) is 0 Å². The summed E-state index contributed by atoms with van der Waals surface area (Å²) in [4.78, 5) is 4.48. The molecule has 1 aromatic carbocycles. The molecule has 0 amide bonds. The molecule has 0 saturated heterocycles. The zero-order chi connectivity index (χ0) is 14.8. The zero-order valence-electron chi connectivity index (χ0n) is 12.1. The molecule has 3 nitrogen and oxygen atoms in total. The molecule has 108 valence electrons. The smallest absolute Gasteiger partial charge is 0.126 e. The fourth-order valence-corrected chi connectivity index (χ4v) is 2.43. The minimum atomic E-state index is -0.184. The molecule has 2 aromatic heterocycles. The van der Waals surface area contributed by atoms with E-state index in [0.717, 1.165) is 28.7 Å². The summed E-state index contributed by atoms with van der Waals surface area (Å²) in [7, 11) is 1.69. The van der Waals surface area contributed by atoms with Crippen LogP contribution in [0.5, 0.6) is 0 Å². The van der Waals surface area contributed by atoms with Gasteiger partial charge in [-0.05, 0) is 42.3 Å². The van der Waals surface area contributed by atoms with Gasteiger partial charge < -0.3 is 9.30 Å². The molecule has 0 aliphatic heterocycles. The van der Waals surface area contributed by atoms with Gasteiger partial charge >= 0.3 is 0 Å². The van der Waals surface area contributed by atoms with E-state index in [1.807, 2.05) is 24.5 Å². The summed E-state index contributed by atoms with van der Waals surface area (Å²) in [6.07, 6.45) is 3.84. The van der Waals surface area contributed by atoms with Crippen molar-refractivity contribution in [1.29, 1.82) is 0 Å². The summed E-state index contributed by atoms with van der Waals surface area (Å²) in [6, 6.07) is 9.21. The molecule has 3 rings (SSSR count). The molecule has 0 radical (unpaired) electrons. The molecule has 0 aliphatic carbocycles. The van der Waals surface area contributed by atoms with Crippen LogP contribution >= 0.6 is 0 Å². The molecule has 0 N–H and O–H groups in total. The van der Waals surface area contributed by atoms with Crippen LogP contribution in [0.3, 0.4) is 0 Å². The number of methoxy groups -OCH3 is 1. The number of hydrogen-bond donors (Lipinski definition) is 0. The van der Waals surface area contributed by atoms with Crippen LogP contribution in [0, 0.1) is 12.7 Å². The molecule has 3 aromatic rings. The first-order valence-electron chi connectivity index (χ1n) is 6.89. The first-order chi connectivity index (χ1) is 10.2. The maximum atomic E-state index is 13.4. The quantitative estimate of drug-likeness (QED) is 0.728. The van der Waals surface area contributed by atoms with Gasteiger partial charge in [-0.2, -0.15) is 0 Å². The topological polar surface area (TPSA) is 27.1 Å². The lowest BCUT2D eigenvalue weighted by atomic mass is 10.0. The highest BCUT2D eigenvalue weighted by Crippen LogP contribution is 2.25. The highest BCUT2D eigenvalue weighted by Gasteiger charge is 2.07. The van der Waals surface area contributed by atoms with Crippen molar-refractivity contribution >= 4 is 11.0 Å². The van der Waals surface area contributed by atoms with Gasteiger partial charge in [0.05, 0.1) is 17.6 Å². The Hall–Kier alpha value is -2.20. The lowest BCUT2D eigenvalue weighted by Crippen LogP contribution is -2.02. The van der Waals surface area contributed by atoms with Crippen molar-refractivity contribution in [3.8, 4) is 11.1 Å². The zero-order valence-corrected chi connectivity index (χ0v) is 12.1. The van der Waals surface area contributed by atoms with Crippen LogP contribution in [0.1, 0.15) is 5.56 Å². The van der Waals surface area contributed by atoms with Gasteiger partial charge in [0.1, 0.15) is 5.82 Å². The Labute approximate surface area is 123 Å². The van der Waals surface area contributed by atoms with E-state index in [-0.39, 0.29) is 5.82 Å². The molecule has 0 unspecified atom stereocenters. The molecule has 21 heavy (non-hydrogen) atoms. The minimum Gasteiger partial charge on any atom is -0.383 e. The Kier molecular flexibility index (Phi) is 3.71. The Morgan fingerprint density at radius 2 is 2.05 bits per heavy atom. The van der Waals surface area contributed by atoms with E-state index >= 15 is 0 Å². The number of hydrogen-bond acceptors (Lipinski definition) is 2. The van der Waals surface area contributed by atoms with E-state index in [9.17, 15) is 4.39 Å². The van der Waals surface area contributed by atoms with Gasteiger partial charge in [0.2, 0.25) is 0 Å². The highest BCUT2D eigenvalue weighted by atomic mass is 19.1. The summed E-state index contributed by atoms with van der Waals surface area (Å²) in [5.74, 6) is -0.184. The molecular weight excluding hydrogens is 267 g/mol. The summed E-state index contributed by atoms with van der Waals surface area (Å²) >= 11 is 0. The summed E-state index contributed by atoms with van der Waals surface area (Å²) in [6.45, 7) is 3.21. The molecular formula is C17H17FN2O. The number of nitrogens with zero attached hydrogens (tertiary/aromatic N) is 2. The van der Waals surface area contributed by atoms with Gasteiger partial charge in [-0.3, -0.25) is 4.98 Å². The second-order valence-corrected chi connectivity index (χ2v) is 5.09. The van der Waals surface area contributed by atoms with Crippen molar-refractivity contribution in [2.45, 2.75) is 13.5 Å². The van der Waals surface area contributed by atoms with Gasteiger partial charge in [-0.15, -0.1) is 0 Å². The summed E-state index contributed by atoms with van der Waals surface area (Å²) in [5.41, 5.74) is 4.62. The highest BCUT2D eigenvalue weighted by molar-refractivity contribution is 5.81. The number of halogens is 1. The Balaban J connectivity index is 2.04.